The molecule has 9 nitrogen and oxygen atoms in total. The summed E-state index contributed by atoms with van der Waals surface area (Å²) in [5.74, 6) is -0.206. The lowest BCUT2D eigenvalue weighted by molar-refractivity contribution is 0.225. The maximum absolute atomic E-state index is 12.3. The number of nitrogens with zero attached hydrogens (tertiary/aromatic N) is 1. The smallest absolute Gasteiger partial charge is 0.320 e. The summed E-state index contributed by atoms with van der Waals surface area (Å²) in [5.41, 5.74) is 6.76. The quantitative estimate of drug-likeness (QED) is 0.307. The van der Waals surface area contributed by atoms with Gasteiger partial charge in [-0.05, 0) is 17.7 Å². The van der Waals surface area contributed by atoms with Crippen molar-refractivity contribution < 1.29 is 19.7 Å². The van der Waals surface area contributed by atoms with Crippen LogP contribution in [0.25, 0.3) is 0 Å². The number of nitrogens with two attached hydrogens (primary N) is 1. The summed E-state index contributed by atoms with van der Waals surface area (Å²) >= 11 is 11.8. The second-order valence-corrected chi connectivity index (χ2v) is 6.43. The van der Waals surface area contributed by atoms with Crippen molar-refractivity contribution in [1.29, 1.82) is 5.41 Å². The standard InChI is InChI=1S/C17H19Cl2N5O4/c1-28-16(21)15-11(20)5-14(22-13(15)7-26)24-17(27)23-12(6-25)8-2-3-9(18)10(19)4-8/h2-5,12,21,25-26H,6-7H2,1H3,(H4,20,22,23,24,27). The highest BCUT2D eigenvalue weighted by molar-refractivity contribution is 6.42. The molecule has 1 heterocycles. The molecule has 1 unspecified atom stereocenters. The molecule has 1 aromatic carbocycles. The van der Waals surface area contributed by atoms with Crippen molar-refractivity contribution >= 4 is 46.6 Å². The van der Waals surface area contributed by atoms with Crippen LogP contribution < -0.4 is 16.4 Å². The van der Waals surface area contributed by atoms with Gasteiger partial charge in [0.1, 0.15) is 5.82 Å². The first-order valence-corrected chi connectivity index (χ1v) is 8.72. The van der Waals surface area contributed by atoms with Crippen LogP contribution in [-0.2, 0) is 11.3 Å². The normalized spacial score (nSPS) is 11.6. The third kappa shape index (κ3) is 5.02. The van der Waals surface area contributed by atoms with Crippen molar-refractivity contribution in [1.82, 2.24) is 10.3 Å². The van der Waals surface area contributed by atoms with Crippen molar-refractivity contribution in [2.75, 3.05) is 24.8 Å². The molecule has 28 heavy (non-hydrogen) atoms. The van der Waals surface area contributed by atoms with Gasteiger partial charge in [0.2, 0.25) is 5.90 Å². The minimum absolute atomic E-state index is 0.0533. The number of rotatable bonds is 6. The third-order valence-electron chi connectivity index (χ3n) is 3.78. The first-order chi connectivity index (χ1) is 13.3. The van der Waals surface area contributed by atoms with Gasteiger partial charge in [-0.1, -0.05) is 29.3 Å². The van der Waals surface area contributed by atoms with Gasteiger partial charge in [-0.3, -0.25) is 10.7 Å². The molecule has 0 aliphatic carbocycles. The Morgan fingerprint density at radius 2 is 2.04 bits per heavy atom. The summed E-state index contributed by atoms with van der Waals surface area (Å²) < 4.78 is 4.82. The molecule has 0 bridgehead atoms. The van der Waals surface area contributed by atoms with Gasteiger partial charge in [-0.25, -0.2) is 9.78 Å². The van der Waals surface area contributed by atoms with Crippen LogP contribution in [0.4, 0.5) is 16.3 Å². The summed E-state index contributed by atoms with van der Waals surface area (Å²) in [6, 6.07) is 4.63. The lowest BCUT2D eigenvalue weighted by atomic mass is 10.1. The maximum atomic E-state index is 12.3. The molecule has 1 aromatic heterocycles. The number of carbonyl (C=O) groups is 1. The number of nitrogen functional groups attached to an aromatic ring is 1. The zero-order valence-corrected chi connectivity index (χ0v) is 16.3. The predicted molar refractivity (Wildman–Crippen MR) is 107 cm³/mol. The van der Waals surface area contributed by atoms with Crippen molar-refractivity contribution in [2.24, 2.45) is 0 Å². The number of aromatic nitrogens is 1. The fourth-order valence-electron chi connectivity index (χ4n) is 2.44. The molecule has 2 rings (SSSR count). The summed E-state index contributed by atoms with van der Waals surface area (Å²) in [6.45, 7) is -0.891. The molecule has 0 saturated carbocycles. The Bertz CT molecular complexity index is 894. The molecule has 0 saturated heterocycles. The maximum Gasteiger partial charge on any atom is 0.320 e. The number of nitrogens with one attached hydrogen (secondary N) is 3. The summed E-state index contributed by atoms with van der Waals surface area (Å²) in [5, 5.41) is 32.5. The topological polar surface area (TPSA) is 154 Å². The second-order valence-electron chi connectivity index (χ2n) is 5.62. The number of ether oxygens (including phenoxy) is 1. The van der Waals surface area contributed by atoms with Gasteiger partial charge in [0.05, 0.1) is 47.7 Å². The van der Waals surface area contributed by atoms with Crippen molar-refractivity contribution in [3.63, 3.8) is 0 Å². The fourth-order valence-corrected chi connectivity index (χ4v) is 2.74. The van der Waals surface area contributed by atoms with E-state index in [-0.39, 0.29) is 40.3 Å². The Morgan fingerprint density at radius 1 is 1.32 bits per heavy atom. The van der Waals surface area contributed by atoms with Gasteiger partial charge in [-0.15, -0.1) is 0 Å². The highest BCUT2D eigenvalue weighted by atomic mass is 35.5. The van der Waals surface area contributed by atoms with Gasteiger partial charge in [0.25, 0.3) is 0 Å². The summed E-state index contributed by atoms with van der Waals surface area (Å²) in [6.07, 6.45) is 0. The van der Waals surface area contributed by atoms with E-state index in [0.29, 0.717) is 10.6 Å². The molecule has 150 valence electrons. The first-order valence-electron chi connectivity index (χ1n) is 7.97. The van der Waals surface area contributed by atoms with Crippen LogP contribution in [0.3, 0.4) is 0 Å². The van der Waals surface area contributed by atoms with Crippen LogP contribution in [-0.4, -0.2) is 40.8 Å². The molecular weight excluding hydrogens is 409 g/mol. The third-order valence-corrected chi connectivity index (χ3v) is 4.52. The summed E-state index contributed by atoms with van der Waals surface area (Å²) in [7, 11) is 1.29. The zero-order chi connectivity index (χ0) is 20.8. The van der Waals surface area contributed by atoms with Gasteiger partial charge in [-0.2, -0.15) is 0 Å². The van der Waals surface area contributed by atoms with E-state index < -0.39 is 18.7 Å². The fraction of sp³-hybridized carbons (Fsp3) is 0.235. The first kappa shape index (κ1) is 21.7. The molecule has 0 aliphatic rings. The van der Waals surface area contributed by atoms with E-state index in [1.807, 2.05) is 0 Å². The zero-order valence-electron chi connectivity index (χ0n) is 14.8. The van der Waals surface area contributed by atoms with Crippen molar-refractivity contribution in [3.05, 3.63) is 51.1 Å². The number of pyridine rings is 1. The van der Waals surface area contributed by atoms with E-state index in [4.69, 9.17) is 39.1 Å². The van der Waals surface area contributed by atoms with Crippen LogP contribution in [0.5, 0.6) is 0 Å². The van der Waals surface area contributed by atoms with Crippen molar-refractivity contribution in [3.8, 4) is 0 Å². The lowest BCUT2D eigenvalue weighted by Gasteiger charge is -2.18. The molecule has 2 amide bonds. The SMILES string of the molecule is COC(=N)c1c(N)cc(NC(=O)NC(CO)c2ccc(Cl)c(Cl)c2)nc1CO. The number of hydrogen-bond donors (Lipinski definition) is 6. The van der Waals surface area contributed by atoms with Crippen LogP contribution in [0.1, 0.15) is 22.9 Å². The monoisotopic (exact) mass is 427 g/mol. The number of urea groups is 1. The van der Waals surface area contributed by atoms with E-state index in [1.165, 1.54) is 19.2 Å². The van der Waals surface area contributed by atoms with Crippen LogP contribution in [0, 0.1) is 5.41 Å². The Kier molecular flexibility index (Phi) is 7.41. The molecule has 0 aliphatic heterocycles. The predicted octanol–water partition coefficient (Wildman–Crippen LogP) is 2.29. The van der Waals surface area contributed by atoms with Crippen LogP contribution >= 0.6 is 23.2 Å². The Hall–Kier alpha value is -2.59. The number of carbonyl (C=O) groups excluding carboxylic acids is 1. The minimum Gasteiger partial charge on any atom is -0.481 e. The highest BCUT2D eigenvalue weighted by Crippen LogP contribution is 2.26. The number of amides is 2. The van der Waals surface area contributed by atoms with Crippen LogP contribution in [0.2, 0.25) is 10.0 Å². The number of aliphatic hydroxyl groups is 2. The van der Waals surface area contributed by atoms with E-state index in [1.54, 1.807) is 12.1 Å². The highest BCUT2D eigenvalue weighted by Gasteiger charge is 2.18. The van der Waals surface area contributed by atoms with E-state index >= 15 is 0 Å². The Balaban J connectivity index is 2.18. The molecule has 0 radical (unpaired) electrons. The van der Waals surface area contributed by atoms with Gasteiger partial charge in [0, 0.05) is 11.8 Å². The average molecular weight is 428 g/mol. The molecule has 7 N–H and O–H groups in total. The number of benzene rings is 1. The molecule has 0 spiro atoms. The number of aliphatic hydroxyl groups excluding tert-OH is 2. The Labute approximate surface area is 170 Å². The van der Waals surface area contributed by atoms with Gasteiger partial charge < -0.3 is 26.0 Å². The molecular formula is C17H19Cl2N5O4. The molecule has 11 heteroatoms. The number of methoxy groups -OCH3 is 1. The number of anilines is 2. The Morgan fingerprint density at radius 3 is 2.61 bits per heavy atom. The minimum atomic E-state index is -0.745. The second kappa shape index (κ2) is 9.56. The van der Waals surface area contributed by atoms with E-state index in [9.17, 15) is 15.0 Å². The van der Waals surface area contributed by atoms with E-state index in [0.717, 1.165) is 0 Å². The number of hydrogen-bond acceptors (Lipinski definition) is 7. The summed E-state index contributed by atoms with van der Waals surface area (Å²) in [4.78, 5) is 16.4. The molecule has 2 aromatic rings. The van der Waals surface area contributed by atoms with Crippen LogP contribution in [0.15, 0.2) is 24.3 Å². The van der Waals surface area contributed by atoms with E-state index in [2.05, 4.69) is 15.6 Å². The van der Waals surface area contributed by atoms with Gasteiger partial charge >= 0.3 is 6.03 Å². The number of halogens is 2. The lowest BCUT2D eigenvalue weighted by Crippen LogP contribution is -2.34. The molecule has 0 fully saturated rings. The average Bonchev–Trinajstić information content (AvgIpc) is 2.67. The van der Waals surface area contributed by atoms with Crippen molar-refractivity contribution in [2.45, 2.75) is 12.6 Å². The molecule has 1 atom stereocenters. The van der Waals surface area contributed by atoms with Gasteiger partial charge in [0.15, 0.2) is 0 Å². The largest absolute Gasteiger partial charge is 0.481 e.